The molecule has 1 fully saturated rings. The van der Waals surface area contributed by atoms with Crippen molar-refractivity contribution in [3.05, 3.63) is 0 Å². The van der Waals surface area contributed by atoms with Crippen LogP contribution in [0.25, 0.3) is 0 Å². The summed E-state index contributed by atoms with van der Waals surface area (Å²) < 4.78 is 9.77. The third-order valence-corrected chi connectivity index (χ3v) is 5.82. The zero-order valence-corrected chi connectivity index (χ0v) is 20.7. The van der Waals surface area contributed by atoms with Gasteiger partial charge in [0, 0.05) is 58.7 Å². The number of amides is 2. The number of carbonyl (C=O) groups excluding carboxylic acids is 4. The number of hydrogen-bond acceptors (Lipinski definition) is 10. The van der Waals surface area contributed by atoms with E-state index in [9.17, 15) is 33.9 Å². The zero-order chi connectivity index (χ0) is 27.1. The van der Waals surface area contributed by atoms with Crippen LogP contribution in [-0.4, -0.2) is 132 Å². The molecule has 2 amide bonds. The molecule has 0 radical (unpaired) electrons. The standard InChI is InChI=1S/C22H36N4O10/c1-3-4-17(29)24-9-11-25(12-10-24)18(30)5-6-26(20(36-16-28)14-22(33)34)8-7-23(2)19(35-15-27)13-21(31)32/h15-16,19-20H,3-14H2,1-2H3,(H,31,32)(H,33,34). The lowest BCUT2D eigenvalue weighted by Crippen LogP contribution is -2.51. The molecule has 36 heavy (non-hydrogen) atoms. The van der Waals surface area contributed by atoms with E-state index in [-0.39, 0.29) is 50.8 Å². The van der Waals surface area contributed by atoms with E-state index >= 15 is 0 Å². The molecular formula is C22H36N4O10. The molecule has 0 bridgehead atoms. The first-order valence-electron chi connectivity index (χ1n) is 11.7. The molecule has 2 unspecified atom stereocenters. The van der Waals surface area contributed by atoms with Gasteiger partial charge in [0.25, 0.3) is 12.9 Å². The van der Waals surface area contributed by atoms with Crippen LogP contribution in [0.3, 0.4) is 0 Å². The number of hydrogen-bond donors (Lipinski definition) is 2. The number of carbonyl (C=O) groups is 6. The Morgan fingerprint density at radius 3 is 1.75 bits per heavy atom. The average molecular weight is 517 g/mol. The largest absolute Gasteiger partial charge is 0.481 e. The molecule has 2 N–H and O–H groups in total. The van der Waals surface area contributed by atoms with Crippen LogP contribution in [0.15, 0.2) is 0 Å². The molecule has 0 spiro atoms. The normalized spacial score (nSPS) is 15.3. The van der Waals surface area contributed by atoms with Gasteiger partial charge in [0.05, 0.1) is 12.8 Å². The van der Waals surface area contributed by atoms with E-state index in [0.29, 0.717) is 32.6 Å². The second kappa shape index (κ2) is 16.4. The fraction of sp³-hybridized carbons (Fsp3) is 0.727. The SMILES string of the molecule is CCCC(=O)N1CCN(C(=O)CCN(CCN(C)C(CC(=O)O)OC=O)C(CC(=O)O)OC=O)CC1. The first kappa shape index (κ1) is 30.8. The number of aliphatic carboxylic acids is 2. The topological polar surface area (TPSA) is 174 Å². The summed E-state index contributed by atoms with van der Waals surface area (Å²) in [6.07, 6.45) is -1.99. The number of carboxylic acid groups (broad SMARTS) is 2. The quantitative estimate of drug-likeness (QED) is 0.169. The number of piperazine rings is 1. The predicted molar refractivity (Wildman–Crippen MR) is 123 cm³/mol. The molecule has 204 valence electrons. The van der Waals surface area contributed by atoms with Gasteiger partial charge < -0.3 is 29.5 Å². The van der Waals surface area contributed by atoms with E-state index in [0.717, 1.165) is 6.42 Å². The first-order valence-corrected chi connectivity index (χ1v) is 11.7. The molecule has 1 aliphatic rings. The van der Waals surface area contributed by atoms with Gasteiger partial charge in [0.15, 0.2) is 12.5 Å². The van der Waals surface area contributed by atoms with Gasteiger partial charge in [-0.1, -0.05) is 6.92 Å². The highest BCUT2D eigenvalue weighted by Crippen LogP contribution is 2.12. The summed E-state index contributed by atoms with van der Waals surface area (Å²) in [4.78, 5) is 75.2. The van der Waals surface area contributed by atoms with Crippen LogP contribution >= 0.6 is 0 Å². The Bertz CT molecular complexity index is 757. The van der Waals surface area contributed by atoms with Crippen molar-refractivity contribution in [2.24, 2.45) is 0 Å². The Balaban J connectivity index is 2.79. The summed E-state index contributed by atoms with van der Waals surface area (Å²) in [5, 5.41) is 18.2. The van der Waals surface area contributed by atoms with Gasteiger partial charge in [-0.25, -0.2) is 0 Å². The van der Waals surface area contributed by atoms with Gasteiger partial charge in [-0.15, -0.1) is 0 Å². The van der Waals surface area contributed by atoms with Gasteiger partial charge in [-0.2, -0.15) is 0 Å². The van der Waals surface area contributed by atoms with Crippen molar-refractivity contribution in [2.45, 2.75) is 51.5 Å². The van der Waals surface area contributed by atoms with Crippen LogP contribution < -0.4 is 0 Å². The molecule has 0 aliphatic carbocycles. The molecule has 0 aromatic carbocycles. The highest BCUT2D eigenvalue weighted by molar-refractivity contribution is 5.78. The second-order valence-electron chi connectivity index (χ2n) is 8.35. The molecule has 2 atom stereocenters. The van der Waals surface area contributed by atoms with Gasteiger partial charge in [0.2, 0.25) is 11.8 Å². The van der Waals surface area contributed by atoms with Crippen molar-refractivity contribution >= 4 is 36.7 Å². The van der Waals surface area contributed by atoms with E-state index in [1.54, 1.807) is 9.80 Å². The number of carboxylic acids is 2. The van der Waals surface area contributed by atoms with E-state index in [2.05, 4.69) is 0 Å². The van der Waals surface area contributed by atoms with Crippen LogP contribution in [-0.2, 0) is 38.2 Å². The Kier molecular flexibility index (Phi) is 14.0. The Morgan fingerprint density at radius 1 is 0.806 bits per heavy atom. The van der Waals surface area contributed by atoms with Gasteiger partial charge in [0.1, 0.15) is 0 Å². The molecule has 0 aromatic heterocycles. The molecule has 14 heteroatoms. The monoisotopic (exact) mass is 516 g/mol. The number of ether oxygens (including phenoxy) is 2. The van der Waals surface area contributed by atoms with Crippen LogP contribution in [0.2, 0.25) is 0 Å². The molecule has 1 aliphatic heterocycles. The lowest BCUT2D eigenvalue weighted by Gasteiger charge is -2.36. The Labute approximate surface area is 209 Å². The summed E-state index contributed by atoms with van der Waals surface area (Å²) in [6.45, 7) is 4.12. The van der Waals surface area contributed by atoms with Crippen molar-refractivity contribution in [3.8, 4) is 0 Å². The molecule has 1 heterocycles. The highest BCUT2D eigenvalue weighted by atomic mass is 16.5. The number of nitrogens with zero attached hydrogens (tertiary/aromatic N) is 4. The van der Waals surface area contributed by atoms with E-state index in [4.69, 9.17) is 14.6 Å². The van der Waals surface area contributed by atoms with E-state index in [1.165, 1.54) is 16.8 Å². The van der Waals surface area contributed by atoms with Crippen LogP contribution in [0.5, 0.6) is 0 Å². The summed E-state index contributed by atoms with van der Waals surface area (Å²) in [5.74, 6) is -2.53. The minimum atomic E-state index is -1.22. The third-order valence-electron chi connectivity index (χ3n) is 5.82. The van der Waals surface area contributed by atoms with Gasteiger partial charge in [-0.05, 0) is 13.5 Å². The van der Waals surface area contributed by atoms with Gasteiger partial charge >= 0.3 is 11.9 Å². The average Bonchev–Trinajstić information content (AvgIpc) is 2.83. The van der Waals surface area contributed by atoms with E-state index < -0.39 is 37.2 Å². The van der Waals surface area contributed by atoms with Crippen molar-refractivity contribution in [1.29, 1.82) is 0 Å². The van der Waals surface area contributed by atoms with Gasteiger partial charge in [-0.3, -0.25) is 38.6 Å². The Hall–Kier alpha value is -3.26. The number of likely N-dealkylation sites (N-methyl/N-ethyl adjacent to an activating group) is 1. The maximum Gasteiger partial charge on any atom is 0.308 e. The highest BCUT2D eigenvalue weighted by Gasteiger charge is 2.28. The minimum absolute atomic E-state index is 0.00828. The molecule has 0 saturated carbocycles. The van der Waals surface area contributed by atoms with Crippen molar-refractivity contribution in [1.82, 2.24) is 19.6 Å². The fourth-order valence-electron chi connectivity index (χ4n) is 3.80. The minimum Gasteiger partial charge on any atom is -0.481 e. The van der Waals surface area contributed by atoms with Crippen LogP contribution in [0, 0.1) is 0 Å². The zero-order valence-electron chi connectivity index (χ0n) is 20.7. The summed E-state index contributed by atoms with van der Waals surface area (Å²) >= 11 is 0. The van der Waals surface area contributed by atoms with Crippen LogP contribution in [0.1, 0.15) is 39.0 Å². The van der Waals surface area contributed by atoms with E-state index in [1.807, 2.05) is 6.92 Å². The van der Waals surface area contributed by atoms with Crippen molar-refractivity contribution < 1.29 is 48.5 Å². The summed E-state index contributed by atoms with van der Waals surface area (Å²) in [5.41, 5.74) is 0. The maximum atomic E-state index is 12.8. The number of rotatable bonds is 18. The smallest absolute Gasteiger partial charge is 0.308 e. The maximum absolute atomic E-state index is 12.8. The molecule has 14 nitrogen and oxygen atoms in total. The lowest BCUT2D eigenvalue weighted by molar-refractivity contribution is -0.158. The predicted octanol–water partition coefficient (Wildman–Crippen LogP) is -0.971. The summed E-state index contributed by atoms with van der Waals surface area (Å²) in [6, 6.07) is 0. The Morgan fingerprint density at radius 2 is 1.28 bits per heavy atom. The van der Waals surface area contributed by atoms with Crippen LogP contribution in [0.4, 0.5) is 0 Å². The molecule has 1 saturated heterocycles. The lowest BCUT2D eigenvalue weighted by atomic mass is 10.2. The third kappa shape index (κ3) is 11.0. The summed E-state index contributed by atoms with van der Waals surface area (Å²) in [7, 11) is 1.52. The fourth-order valence-corrected chi connectivity index (χ4v) is 3.80. The molecule has 1 rings (SSSR count). The van der Waals surface area contributed by atoms with Crippen molar-refractivity contribution in [2.75, 3.05) is 52.9 Å². The molecular weight excluding hydrogens is 480 g/mol. The van der Waals surface area contributed by atoms with Crippen molar-refractivity contribution in [3.63, 3.8) is 0 Å². The second-order valence-corrected chi connectivity index (χ2v) is 8.35. The first-order chi connectivity index (χ1) is 17.1. The molecule has 0 aromatic rings.